The van der Waals surface area contributed by atoms with Crippen molar-refractivity contribution in [3.63, 3.8) is 0 Å². The van der Waals surface area contributed by atoms with Crippen molar-refractivity contribution in [1.82, 2.24) is 16.0 Å². The minimum Gasteiger partial charge on any atom is -0.462 e. The normalized spacial score (nSPS) is 20.4. The Hall–Kier alpha value is -4.96. The number of hydrogen-bond acceptors (Lipinski definition) is 7. The maximum absolute atomic E-state index is 13.4. The summed E-state index contributed by atoms with van der Waals surface area (Å²) in [5, 5.41) is 17.7. The van der Waals surface area contributed by atoms with Crippen LogP contribution in [0.2, 0.25) is 0 Å². The van der Waals surface area contributed by atoms with Crippen molar-refractivity contribution in [1.29, 1.82) is 0 Å². The van der Waals surface area contributed by atoms with Gasteiger partial charge in [0.1, 0.15) is 19.3 Å². The van der Waals surface area contributed by atoms with Crippen LogP contribution in [0.5, 0.6) is 0 Å². The molecular weight excluding hydrogens is 610 g/mol. The fraction of sp³-hybridized carbons (Fsp3) is 0.368. The minimum atomic E-state index is -0.972. The van der Waals surface area contributed by atoms with E-state index in [4.69, 9.17) is 9.47 Å². The molecule has 0 spiro atoms. The number of ether oxygens (including phenoxy) is 2. The lowest BCUT2D eigenvalue weighted by Gasteiger charge is -2.24. The smallest absolute Gasteiger partial charge is 0.407 e. The van der Waals surface area contributed by atoms with Crippen molar-refractivity contribution in [3.8, 4) is 11.1 Å². The van der Waals surface area contributed by atoms with E-state index in [-0.39, 0.29) is 50.4 Å². The Kier molecular flexibility index (Phi) is 12.0. The molecule has 5 rings (SSSR count). The molecule has 0 bridgehead atoms. The second kappa shape index (κ2) is 16.7. The van der Waals surface area contributed by atoms with Crippen molar-refractivity contribution in [2.45, 2.75) is 63.1 Å². The van der Waals surface area contributed by atoms with Gasteiger partial charge in [0.05, 0.1) is 18.6 Å². The second-order valence-electron chi connectivity index (χ2n) is 12.4. The van der Waals surface area contributed by atoms with E-state index in [9.17, 15) is 24.3 Å². The van der Waals surface area contributed by atoms with E-state index in [0.29, 0.717) is 19.3 Å². The molecule has 4 atom stereocenters. The van der Waals surface area contributed by atoms with E-state index in [1.54, 1.807) is 6.92 Å². The van der Waals surface area contributed by atoms with Crippen molar-refractivity contribution in [2.75, 3.05) is 19.8 Å². The summed E-state index contributed by atoms with van der Waals surface area (Å²) >= 11 is 0. The Morgan fingerprint density at radius 3 is 2.31 bits per heavy atom. The lowest BCUT2D eigenvalue weighted by molar-refractivity contribution is -0.147. The minimum absolute atomic E-state index is 0.0652. The summed E-state index contributed by atoms with van der Waals surface area (Å²) in [6.45, 7) is 1.45. The predicted octanol–water partition coefficient (Wildman–Crippen LogP) is 4.41. The summed E-state index contributed by atoms with van der Waals surface area (Å²) in [7, 11) is 0. The number of aliphatic hydroxyl groups excluding tert-OH is 1. The van der Waals surface area contributed by atoms with Crippen LogP contribution >= 0.6 is 0 Å². The first-order valence-corrected chi connectivity index (χ1v) is 16.5. The number of hydrogen-bond donors (Lipinski definition) is 4. The van der Waals surface area contributed by atoms with Gasteiger partial charge >= 0.3 is 12.1 Å². The highest BCUT2D eigenvalue weighted by atomic mass is 16.6. The van der Waals surface area contributed by atoms with Crippen molar-refractivity contribution >= 4 is 23.9 Å². The molecule has 0 saturated heterocycles. The molecule has 0 fully saturated rings. The fourth-order valence-corrected chi connectivity index (χ4v) is 6.21. The molecule has 1 heterocycles. The molecule has 4 N–H and O–H groups in total. The number of amides is 3. The van der Waals surface area contributed by atoms with Gasteiger partial charge < -0.3 is 30.5 Å². The molecule has 3 amide bonds. The number of carbonyl (C=O) groups is 4. The summed E-state index contributed by atoms with van der Waals surface area (Å²) in [5.74, 6) is -2.10. The Bertz CT molecular complexity index is 1560. The summed E-state index contributed by atoms with van der Waals surface area (Å²) in [5.41, 5.74) is 5.34. The average molecular weight is 654 g/mol. The summed E-state index contributed by atoms with van der Waals surface area (Å²) in [6, 6.07) is 23.6. The molecule has 0 unspecified atom stereocenters. The van der Waals surface area contributed by atoms with Gasteiger partial charge in [0.25, 0.3) is 0 Å². The van der Waals surface area contributed by atoms with E-state index < -0.39 is 36.1 Å². The zero-order chi connectivity index (χ0) is 33.9. The zero-order valence-corrected chi connectivity index (χ0v) is 27.1. The highest BCUT2D eigenvalue weighted by Gasteiger charge is 2.31. The maximum Gasteiger partial charge on any atom is 0.407 e. The van der Waals surface area contributed by atoms with Gasteiger partial charge in [-0.3, -0.25) is 9.59 Å². The van der Waals surface area contributed by atoms with Crippen LogP contribution in [0.15, 0.2) is 91.0 Å². The molecule has 10 heteroatoms. The first kappa shape index (κ1) is 34.4. The number of allylic oxidation sites excluding steroid dienone is 2. The number of cyclic esters (lactones) is 1. The highest BCUT2D eigenvalue weighted by molar-refractivity contribution is 5.86. The molecule has 0 aromatic heterocycles. The lowest BCUT2D eigenvalue weighted by Crippen LogP contribution is -2.47. The van der Waals surface area contributed by atoms with E-state index in [0.717, 1.165) is 27.8 Å². The first-order valence-electron chi connectivity index (χ1n) is 16.5. The van der Waals surface area contributed by atoms with Gasteiger partial charge in [-0.1, -0.05) is 91.0 Å². The maximum atomic E-state index is 13.4. The van der Waals surface area contributed by atoms with Crippen LogP contribution in [0.1, 0.15) is 55.2 Å². The third kappa shape index (κ3) is 9.10. The van der Waals surface area contributed by atoms with Crippen LogP contribution in [0, 0.1) is 5.92 Å². The summed E-state index contributed by atoms with van der Waals surface area (Å²) in [6.07, 6.45) is 4.21. The van der Waals surface area contributed by atoms with Crippen molar-refractivity contribution < 1.29 is 33.8 Å². The van der Waals surface area contributed by atoms with Crippen molar-refractivity contribution in [2.24, 2.45) is 5.92 Å². The molecular formula is C38H43N3O7. The van der Waals surface area contributed by atoms with Gasteiger partial charge in [0.15, 0.2) is 0 Å². The van der Waals surface area contributed by atoms with Crippen LogP contribution in [0.3, 0.4) is 0 Å². The largest absolute Gasteiger partial charge is 0.462 e. The second-order valence-corrected chi connectivity index (χ2v) is 12.4. The molecule has 0 radical (unpaired) electrons. The van der Waals surface area contributed by atoms with Gasteiger partial charge in [-0.2, -0.15) is 0 Å². The molecule has 10 nitrogen and oxygen atoms in total. The van der Waals surface area contributed by atoms with Crippen LogP contribution in [-0.2, 0) is 30.3 Å². The molecule has 48 heavy (non-hydrogen) atoms. The van der Waals surface area contributed by atoms with E-state index in [1.807, 2.05) is 78.9 Å². The zero-order valence-electron chi connectivity index (χ0n) is 27.1. The lowest BCUT2D eigenvalue weighted by atomic mass is 9.97. The monoisotopic (exact) mass is 653 g/mol. The number of aliphatic hydroxyl groups is 1. The average Bonchev–Trinajstić information content (AvgIpc) is 3.42. The van der Waals surface area contributed by atoms with Crippen LogP contribution in [0.25, 0.3) is 11.1 Å². The number of fused-ring (bicyclic) bond motifs is 3. The molecule has 2 aliphatic rings. The van der Waals surface area contributed by atoms with Gasteiger partial charge in [-0.25, -0.2) is 9.59 Å². The molecule has 0 saturated carbocycles. The fourth-order valence-electron chi connectivity index (χ4n) is 6.21. The molecule has 252 valence electrons. The number of nitrogens with one attached hydrogen (secondary N) is 3. The highest BCUT2D eigenvalue weighted by Crippen LogP contribution is 2.44. The van der Waals surface area contributed by atoms with Gasteiger partial charge in [-0.15, -0.1) is 0 Å². The van der Waals surface area contributed by atoms with Crippen LogP contribution in [-0.4, -0.2) is 66.9 Å². The predicted molar refractivity (Wildman–Crippen MR) is 181 cm³/mol. The number of benzene rings is 3. The summed E-state index contributed by atoms with van der Waals surface area (Å²) in [4.78, 5) is 52.5. The third-order valence-electron chi connectivity index (χ3n) is 8.71. The van der Waals surface area contributed by atoms with Gasteiger partial charge in [-0.05, 0) is 60.4 Å². The third-order valence-corrected chi connectivity index (χ3v) is 8.71. The standard InChI is InChI=1S/C38H43N3O7/c1-25(22-42)39-35(43)21-27-14-6-3-7-19-34(37(45)47-23-28(40-36(27)44)20-26-12-4-2-5-13-26)41-38(46)48-24-33-31-17-10-8-15-29(31)30-16-9-11-18-32(30)33/h2-6,8-13,15-18,25,27-28,33-34,42H,7,14,19-24H2,1H3,(H,39,43)(H,40,44)(H,41,46)/t25-,27-,28+,34+/m1/s1. The summed E-state index contributed by atoms with van der Waals surface area (Å²) < 4.78 is 11.4. The quantitative estimate of drug-likeness (QED) is 0.198. The number of esters is 1. The molecule has 1 aliphatic carbocycles. The van der Waals surface area contributed by atoms with E-state index >= 15 is 0 Å². The van der Waals surface area contributed by atoms with Gasteiger partial charge in [0.2, 0.25) is 11.8 Å². The Labute approximate surface area is 280 Å². The van der Waals surface area contributed by atoms with Gasteiger partial charge in [0, 0.05) is 18.4 Å². The number of rotatable bonds is 9. The topological polar surface area (TPSA) is 143 Å². The Morgan fingerprint density at radius 1 is 0.958 bits per heavy atom. The van der Waals surface area contributed by atoms with E-state index in [2.05, 4.69) is 28.1 Å². The Balaban J connectivity index is 1.26. The van der Waals surface area contributed by atoms with Crippen LogP contribution < -0.4 is 16.0 Å². The molecule has 3 aromatic rings. The van der Waals surface area contributed by atoms with Crippen LogP contribution in [0.4, 0.5) is 4.79 Å². The number of alkyl carbamates (subject to hydrolysis) is 1. The molecule has 1 aliphatic heterocycles. The number of carbonyl (C=O) groups excluding carboxylic acids is 4. The Morgan fingerprint density at radius 2 is 1.62 bits per heavy atom. The van der Waals surface area contributed by atoms with Crippen molar-refractivity contribution in [3.05, 3.63) is 108 Å². The SMILES string of the molecule is C[C@H](CO)NC(=O)C[C@H]1CC=CCC[C@H](NC(=O)OCC2c3ccccc3-c3ccccc32)C(=O)OC[C@H](Cc2ccccc2)NC1=O. The first-order chi connectivity index (χ1) is 23.3. The van der Waals surface area contributed by atoms with E-state index in [1.165, 1.54) is 0 Å². The molecule has 3 aromatic carbocycles.